The van der Waals surface area contributed by atoms with Gasteiger partial charge < -0.3 is 5.32 Å². The van der Waals surface area contributed by atoms with Gasteiger partial charge in [0, 0.05) is 7.05 Å². The molecule has 0 spiro atoms. The number of benzene rings is 1. The van der Waals surface area contributed by atoms with E-state index >= 15 is 0 Å². The van der Waals surface area contributed by atoms with Crippen molar-refractivity contribution in [1.29, 1.82) is 0 Å². The molecule has 0 radical (unpaired) electrons. The summed E-state index contributed by atoms with van der Waals surface area (Å²) in [6, 6.07) is 3.36. The van der Waals surface area contributed by atoms with Crippen molar-refractivity contribution in [2.24, 2.45) is 7.05 Å². The second-order valence-electron chi connectivity index (χ2n) is 3.52. The predicted octanol–water partition coefficient (Wildman–Crippen LogP) is 1.22. The topological polar surface area (TPSA) is 72.7 Å². The number of carbonyl (C=O) groups excluding carboxylic acids is 1. The van der Waals surface area contributed by atoms with Crippen molar-refractivity contribution in [2.75, 3.05) is 11.1 Å². The maximum atomic E-state index is 13.3. The summed E-state index contributed by atoms with van der Waals surface area (Å²) in [5.41, 5.74) is -0.454. The van der Waals surface area contributed by atoms with E-state index in [1.165, 1.54) is 10.7 Å². The number of tetrazole rings is 1. The fourth-order valence-electron chi connectivity index (χ4n) is 1.27. The number of halogens is 2. The summed E-state index contributed by atoms with van der Waals surface area (Å²) in [5, 5.41) is 13.3. The lowest BCUT2D eigenvalue weighted by atomic mass is 10.3. The molecule has 0 aliphatic heterocycles. The van der Waals surface area contributed by atoms with Crippen LogP contribution >= 0.6 is 11.8 Å². The van der Waals surface area contributed by atoms with Crippen LogP contribution < -0.4 is 5.32 Å². The quantitative estimate of drug-likeness (QED) is 0.855. The molecule has 0 saturated heterocycles. The third-order valence-electron chi connectivity index (χ3n) is 2.14. The number of thioether (sulfide) groups is 1. The molecule has 1 N–H and O–H groups in total. The molecule has 0 fully saturated rings. The lowest BCUT2D eigenvalue weighted by molar-refractivity contribution is -0.113. The van der Waals surface area contributed by atoms with Crippen LogP contribution in [0.25, 0.3) is 0 Å². The lowest BCUT2D eigenvalue weighted by Gasteiger charge is -2.06. The van der Waals surface area contributed by atoms with E-state index < -0.39 is 23.2 Å². The van der Waals surface area contributed by atoms with Gasteiger partial charge in [-0.3, -0.25) is 4.79 Å². The zero-order chi connectivity index (χ0) is 13.8. The van der Waals surface area contributed by atoms with E-state index in [0.717, 1.165) is 23.9 Å². The van der Waals surface area contributed by atoms with Crippen LogP contribution in [0.1, 0.15) is 0 Å². The standard InChI is InChI=1S/C10H9F2N5OS/c1-17-10(14-15-16-17)19-5-8(18)13-9-6(11)3-2-4-7(9)12/h2-4H,5H2,1H3,(H,13,18). The Kier molecular flexibility index (Phi) is 4.05. The summed E-state index contributed by atoms with van der Waals surface area (Å²) in [5.74, 6) is -2.24. The molecule has 1 heterocycles. The molecule has 2 rings (SSSR count). The number of nitrogens with zero attached hydrogens (tertiary/aromatic N) is 4. The zero-order valence-electron chi connectivity index (χ0n) is 9.80. The average molecular weight is 285 g/mol. The van der Waals surface area contributed by atoms with Gasteiger partial charge in [0.2, 0.25) is 11.1 Å². The Hall–Kier alpha value is -2.03. The van der Waals surface area contributed by atoms with E-state index in [4.69, 9.17) is 0 Å². The Morgan fingerprint density at radius 1 is 1.42 bits per heavy atom. The summed E-state index contributed by atoms with van der Waals surface area (Å²) < 4.78 is 28.0. The highest BCUT2D eigenvalue weighted by Gasteiger charge is 2.13. The minimum absolute atomic E-state index is 0.0536. The van der Waals surface area contributed by atoms with Crippen LogP contribution in [0.2, 0.25) is 0 Å². The predicted molar refractivity (Wildman–Crippen MR) is 64.5 cm³/mol. The summed E-state index contributed by atoms with van der Waals surface area (Å²) in [6.07, 6.45) is 0. The number of carbonyl (C=O) groups is 1. The van der Waals surface area contributed by atoms with E-state index in [9.17, 15) is 13.6 Å². The van der Waals surface area contributed by atoms with Gasteiger partial charge in [0.15, 0.2) is 0 Å². The third kappa shape index (κ3) is 3.25. The second kappa shape index (κ2) is 5.74. The van der Waals surface area contributed by atoms with Crippen LogP contribution in [0.4, 0.5) is 14.5 Å². The SMILES string of the molecule is Cn1nnnc1SCC(=O)Nc1c(F)cccc1F. The average Bonchev–Trinajstić information content (AvgIpc) is 2.77. The Bertz CT molecular complexity index is 583. The number of amides is 1. The number of hydrogen-bond acceptors (Lipinski definition) is 5. The van der Waals surface area contributed by atoms with Gasteiger partial charge in [-0.1, -0.05) is 17.8 Å². The monoisotopic (exact) mass is 285 g/mol. The molecule has 2 aromatic rings. The van der Waals surface area contributed by atoms with Crippen molar-refractivity contribution >= 4 is 23.4 Å². The smallest absolute Gasteiger partial charge is 0.235 e. The molecule has 0 atom stereocenters. The molecule has 1 amide bonds. The molecule has 100 valence electrons. The van der Waals surface area contributed by atoms with E-state index in [2.05, 4.69) is 20.8 Å². The maximum Gasteiger partial charge on any atom is 0.235 e. The Morgan fingerprint density at radius 2 is 2.11 bits per heavy atom. The number of aromatic nitrogens is 4. The number of hydrogen-bond donors (Lipinski definition) is 1. The number of para-hydroxylation sites is 1. The van der Waals surface area contributed by atoms with E-state index in [0.29, 0.717) is 5.16 Å². The number of aryl methyl sites for hydroxylation is 1. The minimum atomic E-state index is -0.821. The molecule has 0 bridgehead atoms. The lowest BCUT2D eigenvalue weighted by Crippen LogP contribution is -2.16. The van der Waals surface area contributed by atoms with Crippen LogP contribution in [0.3, 0.4) is 0 Å². The molecule has 0 aliphatic carbocycles. The normalized spacial score (nSPS) is 10.5. The summed E-state index contributed by atoms with van der Waals surface area (Å²) in [6.45, 7) is 0. The second-order valence-corrected chi connectivity index (χ2v) is 4.46. The van der Waals surface area contributed by atoms with Crippen molar-refractivity contribution in [3.05, 3.63) is 29.8 Å². The molecular formula is C10H9F2N5OS. The van der Waals surface area contributed by atoms with Crippen molar-refractivity contribution in [2.45, 2.75) is 5.16 Å². The van der Waals surface area contributed by atoms with Gasteiger partial charge in [-0.2, -0.15) is 0 Å². The van der Waals surface area contributed by atoms with E-state index in [-0.39, 0.29) is 5.75 Å². The first-order valence-electron chi connectivity index (χ1n) is 5.17. The highest BCUT2D eigenvalue weighted by molar-refractivity contribution is 7.99. The maximum absolute atomic E-state index is 13.3. The highest BCUT2D eigenvalue weighted by Crippen LogP contribution is 2.19. The first kappa shape index (κ1) is 13.4. The van der Waals surface area contributed by atoms with Gasteiger partial charge in [0.05, 0.1) is 5.75 Å². The van der Waals surface area contributed by atoms with Crippen LogP contribution in [0, 0.1) is 11.6 Å². The van der Waals surface area contributed by atoms with Gasteiger partial charge in [0.1, 0.15) is 17.3 Å². The highest BCUT2D eigenvalue weighted by atomic mass is 32.2. The van der Waals surface area contributed by atoms with Crippen LogP contribution in [-0.4, -0.2) is 31.9 Å². The largest absolute Gasteiger partial charge is 0.320 e. The van der Waals surface area contributed by atoms with E-state index in [1.807, 2.05) is 0 Å². The summed E-state index contributed by atoms with van der Waals surface area (Å²) in [4.78, 5) is 11.6. The summed E-state index contributed by atoms with van der Waals surface area (Å²) >= 11 is 1.06. The molecule has 9 heteroatoms. The summed E-state index contributed by atoms with van der Waals surface area (Å²) in [7, 11) is 1.62. The van der Waals surface area contributed by atoms with Crippen molar-refractivity contribution < 1.29 is 13.6 Å². The zero-order valence-corrected chi connectivity index (χ0v) is 10.6. The molecule has 1 aromatic heterocycles. The molecule has 19 heavy (non-hydrogen) atoms. The Morgan fingerprint density at radius 3 is 2.68 bits per heavy atom. The Balaban J connectivity index is 1.97. The number of rotatable bonds is 4. The van der Waals surface area contributed by atoms with Crippen molar-refractivity contribution in [3.8, 4) is 0 Å². The van der Waals surface area contributed by atoms with Crippen LogP contribution in [-0.2, 0) is 11.8 Å². The first-order valence-corrected chi connectivity index (χ1v) is 6.15. The fraction of sp³-hybridized carbons (Fsp3) is 0.200. The van der Waals surface area contributed by atoms with Crippen LogP contribution in [0.5, 0.6) is 0 Å². The van der Waals surface area contributed by atoms with Crippen molar-refractivity contribution in [3.63, 3.8) is 0 Å². The van der Waals surface area contributed by atoms with Gasteiger partial charge in [-0.15, -0.1) is 5.10 Å². The number of nitrogens with one attached hydrogen (secondary N) is 1. The van der Waals surface area contributed by atoms with Crippen molar-refractivity contribution in [1.82, 2.24) is 20.2 Å². The number of anilines is 1. The molecule has 0 aliphatic rings. The van der Waals surface area contributed by atoms with Gasteiger partial charge in [-0.25, -0.2) is 13.5 Å². The molecule has 0 saturated carbocycles. The van der Waals surface area contributed by atoms with Gasteiger partial charge in [0.25, 0.3) is 0 Å². The molecule has 1 aromatic carbocycles. The fourth-order valence-corrected chi connectivity index (χ4v) is 1.92. The molecule has 0 unspecified atom stereocenters. The first-order chi connectivity index (χ1) is 9.08. The molecular weight excluding hydrogens is 276 g/mol. The van der Waals surface area contributed by atoms with Gasteiger partial charge in [-0.05, 0) is 22.6 Å². The van der Waals surface area contributed by atoms with Gasteiger partial charge >= 0.3 is 0 Å². The minimum Gasteiger partial charge on any atom is -0.320 e. The Labute approximate surface area is 111 Å². The van der Waals surface area contributed by atoms with Crippen LogP contribution in [0.15, 0.2) is 23.4 Å². The molecule has 6 nitrogen and oxygen atoms in total. The third-order valence-corrected chi connectivity index (χ3v) is 3.15. The van der Waals surface area contributed by atoms with E-state index in [1.54, 1.807) is 7.05 Å².